The van der Waals surface area contributed by atoms with E-state index in [-0.39, 0.29) is 44.4 Å². The predicted molar refractivity (Wildman–Crippen MR) is 156 cm³/mol. The minimum atomic E-state index is -5.34. The number of rotatable bonds is 7. The van der Waals surface area contributed by atoms with Crippen molar-refractivity contribution in [3.8, 4) is 0 Å². The average molecular weight is 658 g/mol. The molecule has 244 valence electrons. The van der Waals surface area contributed by atoms with Gasteiger partial charge in [-0.05, 0) is 61.6 Å². The lowest BCUT2D eigenvalue weighted by Crippen LogP contribution is -2.46. The van der Waals surface area contributed by atoms with E-state index < -0.39 is 39.8 Å². The van der Waals surface area contributed by atoms with Crippen molar-refractivity contribution in [1.82, 2.24) is 9.80 Å². The number of halogens is 6. The Kier molecular flexibility index (Phi) is 10.3. The van der Waals surface area contributed by atoms with Gasteiger partial charge in [0, 0.05) is 60.4 Å². The molecular weight excluding hydrogens is 624 g/mol. The summed E-state index contributed by atoms with van der Waals surface area (Å²) in [6, 6.07) is 8.44. The van der Waals surface area contributed by atoms with Crippen LogP contribution in [0.3, 0.4) is 0 Å². The zero-order chi connectivity index (χ0) is 32.2. The van der Waals surface area contributed by atoms with Crippen molar-refractivity contribution in [2.45, 2.75) is 60.0 Å². The van der Waals surface area contributed by atoms with Gasteiger partial charge in [-0.2, -0.15) is 26.3 Å². The van der Waals surface area contributed by atoms with Gasteiger partial charge in [0.15, 0.2) is 0 Å². The van der Waals surface area contributed by atoms with E-state index in [1.807, 2.05) is 0 Å². The van der Waals surface area contributed by atoms with E-state index >= 15 is 0 Å². The van der Waals surface area contributed by atoms with Crippen LogP contribution in [0, 0.1) is 0 Å². The molecule has 0 aliphatic carbocycles. The summed E-state index contributed by atoms with van der Waals surface area (Å²) in [6.07, 6.45) is -6.50. The van der Waals surface area contributed by atoms with Crippen LogP contribution in [0.15, 0.2) is 52.3 Å². The van der Waals surface area contributed by atoms with Gasteiger partial charge in [-0.25, -0.2) is 0 Å². The largest absolute Gasteiger partial charge is 0.418 e. The number of likely N-dealkylation sites (tertiary alicyclic amines) is 1. The summed E-state index contributed by atoms with van der Waals surface area (Å²) >= 11 is 0.582. The Labute approximate surface area is 260 Å². The maximum atomic E-state index is 14.3. The highest BCUT2D eigenvalue weighted by Crippen LogP contribution is 2.48. The average Bonchev–Trinajstić information content (AvgIpc) is 3.55. The first-order valence-corrected chi connectivity index (χ1v) is 15.5. The van der Waals surface area contributed by atoms with Gasteiger partial charge < -0.3 is 24.6 Å². The maximum Gasteiger partial charge on any atom is 0.418 e. The molecule has 45 heavy (non-hydrogen) atoms. The van der Waals surface area contributed by atoms with E-state index in [0.29, 0.717) is 54.9 Å². The van der Waals surface area contributed by atoms with Gasteiger partial charge in [-0.3, -0.25) is 9.59 Å². The second-order valence-corrected chi connectivity index (χ2v) is 12.2. The van der Waals surface area contributed by atoms with Crippen molar-refractivity contribution in [3.05, 3.63) is 59.2 Å². The number of benzene rings is 2. The molecule has 3 fully saturated rings. The fourth-order valence-corrected chi connectivity index (χ4v) is 6.74. The van der Waals surface area contributed by atoms with Gasteiger partial charge in [-0.1, -0.05) is 23.9 Å². The first-order chi connectivity index (χ1) is 21.4. The minimum absolute atomic E-state index is 0.00625. The quantitative estimate of drug-likeness (QED) is 0.277. The zero-order valence-corrected chi connectivity index (χ0v) is 25.1. The number of carbonyl (C=O) groups excluding carboxylic acids is 2. The molecule has 7 nitrogen and oxygen atoms in total. The number of hydrogen-bond donors (Lipinski definition) is 1. The number of amides is 2. The number of ether oxygens (including phenoxy) is 2. The van der Waals surface area contributed by atoms with Gasteiger partial charge in [0.25, 0.3) is 5.91 Å². The van der Waals surface area contributed by atoms with Crippen molar-refractivity contribution >= 4 is 35.3 Å². The lowest BCUT2D eigenvalue weighted by Gasteiger charge is -2.34. The molecule has 2 amide bonds. The zero-order valence-electron chi connectivity index (χ0n) is 24.3. The molecule has 3 aliphatic heterocycles. The summed E-state index contributed by atoms with van der Waals surface area (Å²) in [7, 11) is 0. The van der Waals surface area contributed by atoms with Crippen LogP contribution in [-0.4, -0.2) is 79.8 Å². The molecule has 0 aromatic heterocycles. The summed E-state index contributed by atoms with van der Waals surface area (Å²) in [5, 5.41) is 3.34. The Morgan fingerprint density at radius 2 is 1.58 bits per heavy atom. The smallest absolute Gasteiger partial charge is 0.382 e. The molecule has 1 atom stereocenters. The summed E-state index contributed by atoms with van der Waals surface area (Å²) in [6.45, 7) is 2.68. The van der Waals surface area contributed by atoms with Crippen LogP contribution in [0.4, 0.5) is 32.0 Å². The lowest BCUT2D eigenvalue weighted by atomic mass is 9.99. The van der Waals surface area contributed by atoms with Crippen molar-refractivity contribution < 1.29 is 45.4 Å². The standard InChI is InChI=1S/C31H33F6N3O4S/c32-30(33,34)27-20(7-9-26(41)39-14-17-43-18-15-39)6-8-25(28(27)31(35,36)37)45-23-4-1-3-22(19-23)38-21-10-12-40(13-11-21)29(42)24-5-2-16-44-24/h1,3-4,6-9,19,21,24,38H,2,5,10-18H2. The first-order valence-electron chi connectivity index (χ1n) is 14.7. The predicted octanol–water partition coefficient (Wildman–Crippen LogP) is 6.33. The molecule has 3 saturated heterocycles. The highest BCUT2D eigenvalue weighted by atomic mass is 32.2. The second-order valence-electron chi connectivity index (χ2n) is 11.0. The molecule has 1 unspecified atom stereocenters. The van der Waals surface area contributed by atoms with Crippen molar-refractivity contribution in [2.24, 2.45) is 0 Å². The molecule has 5 rings (SSSR count). The Morgan fingerprint density at radius 1 is 0.867 bits per heavy atom. The van der Waals surface area contributed by atoms with E-state index in [0.717, 1.165) is 37.1 Å². The molecule has 3 heterocycles. The maximum absolute atomic E-state index is 14.3. The van der Waals surface area contributed by atoms with Gasteiger partial charge in [0.2, 0.25) is 5.91 Å². The summed E-state index contributed by atoms with van der Waals surface area (Å²) < 4.78 is 96.3. The van der Waals surface area contributed by atoms with Crippen LogP contribution in [-0.2, 0) is 31.4 Å². The molecule has 14 heteroatoms. The fraction of sp³-hybridized carbons (Fsp3) is 0.484. The van der Waals surface area contributed by atoms with Crippen LogP contribution >= 0.6 is 11.8 Å². The van der Waals surface area contributed by atoms with Gasteiger partial charge >= 0.3 is 12.4 Å². The third-order valence-corrected chi connectivity index (χ3v) is 8.99. The fourth-order valence-electron chi connectivity index (χ4n) is 5.69. The third kappa shape index (κ3) is 8.33. The lowest BCUT2D eigenvalue weighted by molar-refractivity contribution is -0.163. The number of morpholine rings is 1. The SMILES string of the molecule is O=C(C=Cc1ccc(Sc2cccc(NC3CCN(C(=O)C4CCCO4)CC3)c2)c(C(F)(F)F)c1C(F)(F)F)N1CCOCC1. The van der Waals surface area contributed by atoms with Crippen molar-refractivity contribution in [3.63, 3.8) is 0 Å². The Hall–Kier alpha value is -3.23. The molecule has 0 radical (unpaired) electrons. The molecule has 2 aromatic rings. The van der Waals surface area contributed by atoms with Crippen LogP contribution in [0.1, 0.15) is 42.4 Å². The topological polar surface area (TPSA) is 71.1 Å². The number of nitrogens with one attached hydrogen (secondary N) is 1. The number of piperidine rings is 1. The molecule has 3 aliphatic rings. The molecule has 0 spiro atoms. The van der Waals surface area contributed by atoms with Crippen LogP contribution < -0.4 is 5.32 Å². The highest BCUT2D eigenvalue weighted by molar-refractivity contribution is 7.99. The number of alkyl halides is 6. The van der Waals surface area contributed by atoms with Crippen LogP contribution in [0.2, 0.25) is 0 Å². The van der Waals surface area contributed by atoms with Crippen LogP contribution in [0.5, 0.6) is 0 Å². The Bertz CT molecular complexity index is 1400. The van der Waals surface area contributed by atoms with Crippen molar-refractivity contribution in [1.29, 1.82) is 0 Å². The van der Waals surface area contributed by atoms with E-state index in [1.54, 1.807) is 23.1 Å². The van der Waals surface area contributed by atoms with Gasteiger partial charge in [0.1, 0.15) is 6.10 Å². The molecule has 2 aromatic carbocycles. The first kappa shape index (κ1) is 33.1. The number of nitrogens with zero attached hydrogens (tertiary/aromatic N) is 2. The number of carbonyl (C=O) groups is 2. The van der Waals surface area contributed by atoms with E-state index in [1.165, 1.54) is 11.0 Å². The normalized spacial score (nSPS) is 20.2. The van der Waals surface area contributed by atoms with Crippen molar-refractivity contribution in [2.75, 3.05) is 51.3 Å². The molecule has 0 saturated carbocycles. The van der Waals surface area contributed by atoms with Gasteiger partial charge in [0.05, 0.1) is 24.3 Å². The van der Waals surface area contributed by atoms with Gasteiger partial charge in [-0.15, -0.1) is 0 Å². The Balaban J connectivity index is 1.32. The molecule has 0 bridgehead atoms. The second kappa shape index (κ2) is 14.0. The third-order valence-electron chi connectivity index (χ3n) is 7.94. The number of anilines is 1. The highest BCUT2D eigenvalue weighted by Gasteiger charge is 2.46. The Morgan fingerprint density at radius 3 is 2.22 bits per heavy atom. The number of hydrogen-bond acceptors (Lipinski definition) is 6. The van der Waals surface area contributed by atoms with E-state index in [9.17, 15) is 35.9 Å². The van der Waals surface area contributed by atoms with Crippen LogP contribution in [0.25, 0.3) is 6.08 Å². The molecule has 1 N–H and O–H groups in total. The summed E-state index contributed by atoms with van der Waals surface area (Å²) in [5.41, 5.74) is -3.79. The van der Waals surface area contributed by atoms with E-state index in [4.69, 9.17) is 9.47 Å². The minimum Gasteiger partial charge on any atom is -0.382 e. The van der Waals surface area contributed by atoms with E-state index in [2.05, 4.69) is 5.32 Å². The monoisotopic (exact) mass is 657 g/mol. The summed E-state index contributed by atoms with van der Waals surface area (Å²) in [5.74, 6) is -0.615. The molecular formula is C31H33F6N3O4S. The summed E-state index contributed by atoms with van der Waals surface area (Å²) in [4.78, 5) is 27.9.